The molecule has 0 atom stereocenters. The molecule has 0 amide bonds. The Labute approximate surface area is 209 Å². The minimum Gasteiger partial charge on any atom is -0.456 e. The summed E-state index contributed by atoms with van der Waals surface area (Å²) in [4.78, 5) is 0. The van der Waals surface area contributed by atoms with Crippen molar-refractivity contribution in [1.29, 1.82) is 0 Å². The molecule has 0 N–H and O–H groups in total. The van der Waals surface area contributed by atoms with Gasteiger partial charge in [0.2, 0.25) is 0 Å². The van der Waals surface area contributed by atoms with Crippen LogP contribution in [-0.2, 0) is 4.74 Å². The van der Waals surface area contributed by atoms with E-state index in [9.17, 15) is 17.3 Å². The lowest BCUT2D eigenvalue weighted by Gasteiger charge is -2.20. The van der Waals surface area contributed by atoms with E-state index in [2.05, 4.69) is 105 Å². The van der Waals surface area contributed by atoms with E-state index >= 15 is 0 Å². The first kappa shape index (κ1) is 26.7. The van der Waals surface area contributed by atoms with Crippen molar-refractivity contribution in [2.45, 2.75) is 13.8 Å². The number of ether oxygens (including phenoxy) is 1. The van der Waals surface area contributed by atoms with Crippen LogP contribution < -0.4 is 0 Å². The largest absolute Gasteiger partial charge is 0.673 e. The normalized spacial score (nSPS) is 17.8. The van der Waals surface area contributed by atoms with Crippen LogP contribution in [0.25, 0.3) is 11.3 Å². The van der Waals surface area contributed by atoms with E-state index in [1.54, 1.807) is 0 Å². The van der Waals surface area contributed by atoms with Crippen LogP contribution in [0.4, 0.5) is 17.3 Å². The van der Waals surface area contributed by atoms with Gasteiger partial charge in [-0.15, -0.1) is 0 Å². The Hall–Kier alpha value is -3.87. The van der Waals surface area contributed by atoms with E-state index in [-0.39, 0.29) is 0 Å². The molecule has 2 aromatic carbocycles. The van der Waals surface area contributed by atoms with E-state index in [4.69, 9.17) is 4.74 Å². The molecule has 36 heavy (non-hydrogen) atoms. The zero-order valence-corrected chi connectivity index (χ0v) is 20.7. The highest BCUT2D eigenvalue weighted by molar-refractivity contribution is 6.50. The van der Waals surface area contributed by atoms with Crippen molar-refractivity contribution in [1.82, 2.24) is 0 Å². The van der Waals surface area contributed by atoms with Crippen molar-refractivity contribution in [3.8, 4) is 0 Å². The van der Waals surface area contributed by atoms with Crippen LogP contribution in [0.3, 0.4) is 0 Å². The van der Waals surface area contributed by atoms with E-state index in [1.807, 2.05) is 24.3 Å². The first-order valence-corrected chi connectivity index (χ1v) is 11.4. The summed E-state index contributed by atoms with van der Waals surface area (Å²) in [5.41, 5.74) is 8.13. The Bertz CT molecular complexity index is 1300. The molecule has 4 rings (SSSR count). The fourth-order valence-corrected chi connectivity index (χ4v) is 3.64. The van der Waals surface area contributed by atoms with Gasteiger partial charge in [-0.05, 0) is 66.0 Å². The fraction of sp³-hybridized carbons (Fsp3) is 0.138. The summed E-state index contributed by atoms with van der Waals surface area (Å²) in [6.45, 7) is 4.26. The maximum atomic E-state index is 9.75. The number of hydrogen-bond acceptors (Lipinski definition) is 1. The van der Waals surface area contributed by atoms with Gasteiger partial charge in [-0.2, -0.15) is 0 Å². The van der Waals surface area contributed by atoms with Gasteiger partial charge in [-0.3, -0.25) is 0 Å². The van der Waals surface area contributed by atoms with Crippen LogP contribution in [-0.4, -0.2) is 31.6 Å². The van der Waals surface area contributed by atoms with Gasteiger partial charge in [0.05, 0.1) is 0 Å². The molecule has 0 spiro atoms. The van der Waals surface area contributed by atoms with Crippen LogP contribution in [0.2, 0.25) is 0 Å². The van der Waals surface area contributed by atoms with Crippen LogP contribution in [0.15, 0.2) is 120 Å². The first-order chi connectivity index (χ1) is 17.0. The lowest BCUT2D eigenvalue weighted by atomic mass is 9.96. The minimum atomic E-state index is -6.00. The third-order valence-electron chi connectivity index (χ3n) is 5.49. The second-order valence-corrected chi connectivity index (χ2v) is 8.56. The van der Waals surface area contributed by atoms with Crippen LogP contribution in [0.1, 0.15) is 25.0 Å². The van der Waals surface area contributed by atoms with Crippen LogP contribution in [0, 0.1) is 0 Å². The summed E-state index contributed by atoms with van der Waals surface area (Å²) >= 11 is 0. The molecule has 1 heterocycles. The van der Waals surface area contributed by atoms with Gasteiger partial charge >= 0.3 is 7.25 Å². The molecule has 2 aliphatic rings. The summed E-state index contributed by atoms with van der Waals surface area (Å²) in [6.07, 6.45) is 13.0. The van der Waals surface area contributed by atoms with E-state index in [1.165, 1.54) is 22.4 Å². The van der Waals surface area contributed by atoms with Gasteiger partial charge in [-0.1, -0.05) is 60.7 Å². The standard InChI is InChI=1S/C29H28NO.BF4/c1-21-18-27(30(3)4)16-15-25(21)17-22(2)28-19-26(23-11-7-5-8-12-23)20-29(31-28)24-13-9-6-10-14-24;2-1(3,4)5/h5-20H,1-4H3;/q+1;-1. The summed E-state index contributed by atoms with van der Waals surface area (Å²) in [5.74, 6) is 1.74. The van der Waals surface area contributed by atoms with Crippen molar-refractivity contribution in [3.63, 3.8) is 0 Å². The van der Waals surface area contributed by atoms with Crippen molar-refractivity contribution >= 4 is 24.3 Å². The summed E-state index contributed by atoms with van der Waals surface area (Å²) in [6, 6.07) is 20.7. The monoisotopic (exact) mass is 493 g/mol. The molecule has 1 aliphatic heterocycles. The first-order valence-electron chi connectivity index (χ1n) is 11.4. The second kappa shape index (κ2) is 11.7. The third kappa shape index (κ3) is 7.84. The summed E-state index contributed by atoms with van der Waals surface area (Å²) in [5, 5.41) is 0. The molecular formula is C29H28BF4NO. The highest BCUT2D eigenvalue weighted by Crippen LogP contribution is 2.33. The molecule has 2 nitrogen and oxygen atoms in total. The number of hydrogen-bond donors (Lipinski definition) is 0. The van der Waals surface area contributed by atoms with Gasteiger partial charge in [0.15, 0.2) is 5.71 Å². The number of rotatable bonds is 3. The van der Waals surface area contributed by atoms with Crippen LogP contribution in [0.5, 0.6) is 0 Å². The molecular weight excluding hydrogens is 465 g/mol. The molecule has 186 valence electrons. The molecule has 0 bridgehead atoms. The Morgan fingerprint density at radius 3 is 1.89 bits per heavy atom. The van der Waals surface area contributed by atoms with Crippen molar-refractivity contribution in [2.75, 3.05) is 14.1 Å². The molecule has 0 saturated carbocycles. The zero-order chi connectivity index (χ0) is 26.3. The lowest BCUT2D eigenvalue weighted by Crippen LogP contribution is -2.11. The quantitative estimate of drug-likeness (QED) is 0.241. The minimum absolute atomic E-state index is 0.865. The van der Waals surface area contributed by atoms with Crippen molar-refractivity contribution < 1.29 is 26.6 Å². The third-order valence-corrected chi connectivity index (χ3v) is 5.49. The number of halogens is 4. The van der Waals surface area contributed by atoms with E-state index < -0.39 is 7.25 Å². The van der Waals surface area contributed by atoms with Crippen molar-refractivity contribution in [3.05, 3.63) is 131 Å². The maximum Gasteiger partial charge on any atom is 0.673 e. The molecule has 2 aromatic rings. The Balaban J connectivity index is 0.000000658. The molecule has 0 saturated heterocycles. The van der Waals surface area contributed by atoms with Gasteiger partial charge in [-0.25, -0.2) is 4.58 Å². The SMILES string of the molecule is CC1=CC(=[N+](C)C)C=CC1=CC(C)=C1C=C(c2ccccc2)C=C(c2ccccc2)O1.F[B-](F)(F)F. The molecule has 0 radical (unpaired) electrons. The average molecular weight is 493 g/mol. The van der Waals surface area contributed by atoms with Gasteiger partial charge < -0.3 is 22.0 Å². The Kier molecular flexibility index (Phi) is 8.70. The zero-order valence-electron chi connectivity index (χ0n) is 20.7. The van der Waals surface area contributed by atoms with E-state index in [0.717, 1.165) is 28.2 Å². The summed E-state index contributed by atoms with van der Waals surface area (Å²) < 4.78 is 47.5. The van der Waals surface area contributed by atoms with Crippen LogP contribution >= 0.6 is 0 Å². The van der Waals surface area contributed by atoms with Gasteiger partial charge in [0.1, 0.15) is 25.6 Å². The number of allylic oxidation sites excluding steroid dienone is 10. The summed E-state index contributed by atoms with van der Waals surface area (Å²) in [7, 11) is -1.87. The smallest absolute Gasteiger partial charge is 0.456 e. The van der Waals surface area contributed by atoms with E-state index in [0.29, 0.717) is 0 Å². The van der Waals surface area contributed by atoms with Gasteiger partial charge in [0, 0.05) is 17.7 Å². The molecule has 1 aliphatic carbocycles. The Morgan fingerprint density at radius 2 is 1.36 bits per heavy atom. The van der Waals surface area contributed by atoms with Gasteiger partial charge in [0.25, 0.3) is 0 Å². The fourth-order valence-electron chi connectivity index (χ4n) is 3.64. The lowest BCUT2D eigenvalue weighted by molar-refractivity contribution is -0.462. The molecule has 7 heteroatoms. The predicted molar refractivity (Wildman–Crippen MR) is 141 cm³/mol. The average Bonchev–Trinajstić information content (AvgIpc) is 2.85. The highest BCUT2D eigenvalue weighted by Gasteiger charge is 2.20. The molecule has 0 unspecified atom stereocenters. The second-order valence-electron chi connectivity index (χ2n) is 8.56. The number of nitrogens with zero attached hydrogens (tertiary/aromatic N) is 1. The molecule has 0 fully saturated rings. The highest BCUT2D eigenvalue weighted by atomic mass is 19.5. The Morgan fingerprint density at radius 1 is 0.806 bits per heavy atom. The topological polar surface area (TPSA) is 12.2 Å². The molecule has 0 aromatic heterocycles. The van der Waals surface area contributed by atoms with Crippen molar-refractivity contribution in [2.24, 2.45) is 0 Å². The maximum absolute atomic E-state index is 9.75. The predicted octanol–water partition coefficient (Wildman–Crippen LogP) is 7.87. The number of benzene rings is 2.